The van der Waals surface area contributed by atoms with E-state index in [-0.39, 0.29) is 34.6 Å². The molecule has 0 bridgehead atoms. The Hall–Kier alpha value is -0.414. The fraction of sp³-hybridized carbons (Fsp3) is 0. The minimum atomic E-state index is 0. The van der Waals surface area contributed by atoms with Crippen LogP contribution >= 0.6 is 0 Å². The van der Waals surface area contributed by atoms with Crippen molar-refractivity contribution in [1.82, 2.24) is 0 Å². The predicted octanol–water partition coefficient (Wildman–Crippen LogP) is 0.182. The van der Waals surface area contributed by atoms with Crippen molar-refractivity contribution in [2.75, 3.05) is 0 Å². The highest BCUT2D eigenvalue weighted by Crippen LogP contribution is 2.14. The third kappa shape index (κ3) is 2.58. The quantitative estimate of drug-likeness (QED) is 0.500. The number of rotatable bonds is 0. The van der Waals surface area contributed by atoms with E-state index < -0.39 is 0 Å². The molecule has 0 atom stereocenters. The number of phenolic OH excluding ortho intramolecular Hbond substituents is 2. The molecule has 0 amide bonds. The van der Waals surface area contributed by atoms with Crippen LogP contribution in [-0.2, 0) is 0 Å². The molecule has 0 aromatic heterocycles. The van der Waals surface area contributed by atoms with Gasteiger partial charge in [0, 0.05) is 6.07 Å². The first-order valence-electron chi connectivity index (χ1n) is 2.27. The van der Waals surface area contributed by atoms with Gasteiger partial charge in [0.15, 0.2) is 0 Å². The minimum absolute atomic E-state index is 0. The van der Waals surface area contributed by atoms with E-state index in [0.29, 0.717) is 0 Å². The third-order valence-electron chi connectivity index (χ3n) is 0.830. The molecule has 1 rings (SSSR count). The second kappa shape index (κ2) is 3.58. The molecule has 0 fully saturated rings. The Morgan fingerprint density at radius 3 is 1.67 bits per heavy atom. The Morgan fingerprint density at radius 1 is 1.00 bits per heavy atom. The van der Waals surface area contributed by atoms with Crippen molar-refractivity contribution in [2.45, 2.75) is 0 Å². The van der Waals surface area contributed by atoms with Crippen LogP contribution in [0.1, 0.15) is 0 Å². The van der Waals surface area contributed by atoms with Crippen LogP contribution in [0.4, 0.5) is 0 Å². The van der Waals surface area contributed by atoms with E-state index in [9.17, 15) is 0 Å². The van der Waals surface area contributed by atoms with Gasteiger partial charge in [-0.3, -0.25) is 0 Å². The summed E-state index contributed by atoms with van der Waals surface area (Å²) in [6.45, 7) is 0. The van der Waals surface area contributed by atoms with Crippen LogP contribution in [-0.4, -0.2) is 33.3 Å². The summed E-state index contributed by atoms with van der Waals surface area (Å²) < 4.78 is 0. The molecular formula is C6H8MgO2. The van der Waals surface area contributed by atoms with Gasteiger partial charge in [-0.15, -0.1) is 0 Å². The van der Waals surface area contributed by atoms with Crippen LogP contribution in [0.3, 0.4) is 0 Å². The molecule has 0 unspecified atom stereocenters. The SMILES string of the molecule is Oc1cccc(O)c1.[MgH2]. The van der Waals surface area contributed by atoms with Gasteiger partial charge in [-0.25, -0.2) is 0 Å². The van der Waals surface area contributed by atoms with Crippen molar-refractivity contribution in [3.63, 3.8) is 0 Å². The number of benzene rings is 1. The Balaban J connectivity index is 0.000000640. The summed E-state index contributed by atoms with van der Waals surface area (Å²) in [7, 11) is 0. The molecule has 3 heteroatoms. The van der Waals surface area contributed by atoms with Crippen molar-refractivity contribution in [2.24, 2.45) is 0 Å². The third-order valence-corrected chi connectivity index (χ3v) is 0.830. The summed E-state index contributed by atoms with van der Waals surface area (Å²) in [6.07, 6.45) is 0. The molecule has 0 saturated heterocycles. The molecule has 0 heterocycles. The highest BCUT2D eigenvalue weighted by atomic mass is 24.3. The standard InChI is InChI=1S/C6H6O2.Mg.2H/c7-5-2-1-3-6(8)4-5;;;/h1-4,7-8H;;;. The summed E-state index contributed by atoms with van der Waals surface area (Å²) in [5.41, 5.74) is 0. The van der Waals surface area contributed by atoms with Crippen molar-refractivity contribution < 1.29 is 10.2 Å². The van der Waals surface area contributed by atoms with E-state index >= 15 is 0 Å². The lowest BCUT2D eigenvalue weighted by atomic mass is 10.3. The summed E-state index contributed by atoms with van der Waals surface area (Å²) >= 11 is 0. The van der Waals surface area contributed by atoms with Gasteiger partial charge in [0.05, 0.1) is 0 Å². The zero-order valence-electron chi connectivity index (χ0n) is 4.20. The number of hydrogen-bond donors (Lipinski definition) is 2. The highest BCUT2D eigenvalue weighted by molar-refractivity contribution is 5.75. The van der Waals surface area contributed by atoms with Crippen LogP contribution < -0.4 is 0 Å². The predicted molar refractivity (Wildman–Crippen MR) is 38.3 cm³/mol. The molecule has 0 saturated carbocycles. The second-order valence-corrected chi connectivity index (χ2v) is 1.52. The van der Waals surface area contributed by atoms with Crippen LogP contribution in [0, 0.1) is 0 Å². The van der Waals surface area contributed by atoms with E-state index in [2.05, 4.69) is 0 Å². The van der Waals surface area contributed by atoms with Crippen molar-refractivity contribution in [3.8, 4) is 11.5 Å². The molecule has 0 radical (unpaired) electrons. The fourth-order valence-corrected chi connectivity index (χ4v) is 0.493. The van der Waals surface area contributed by atoms with Crippen molar-refractivity contribution in [3.05, 3.63) is 24.3 Å². The Morgan fingerprint density at radius 2 is 1.44 bits per heavy atom. The van der Waals surface area contributed by atoms with Gasteiger partial charge < -0.3 is 10.2 Å². The lowest BCUT2D eigenvalue weighted by molar-refractivity contribution is 0.450. The fourth-order valence-electron chi connectivity index (χ4n) is 0.493. The first-order valence-corrected chi connectivity index (χ1v) is 2.27. The normalized spacial score (nSPS) is 8.00. The molecule has 1 aromatic carbocycles. The summed E-state index contributed by atoms with van der Waals surface area (Å²) in [4.78, 5) is 0. The Labute approximate surface area is 69.3 Å². The lowest BCUT2D eigenvalue weighted by Gasteiger charge is -1.89. The van der Waals surface area contributed by atoms with E-state index in [1.165, 1.54) is 18.2 Å². The van der Waals surface area contributed by atoms with Crippen LogP contribution in [0.2, 0.25) is 0 Å². The smallest absolute Gasteiger partial charge is 0.316 e. The molecule has 2 N–H and O–H groups in total. The molecule has 9 heavy (non-hydrogen) atoms. The van der Waals surface area contributed by atoms with Crippen LogP contribution in [0.15, 0.2) is 24.3 Å². The van der Waals surface area contributed by atoms with E-state index in [1.807, 2.05) is 0 Å². The first-order chi connectivity index (χ1) is 3.79. The highest BCUT2D eigenvalue weighted by Gasteiger charge is 1.85. The van der Waals surface area contributed by atoms with Gasteiger partial charge in [0.1, 0.15) is 11.5 Å². The maximum Gasteiger partial charge on any atom is 0.316 e. The van der Waals surface area contributed by atoms with Gasteiger partial charge in [-0.1, -0.05) is 6.07 Å². The zero-order valence-corrected chi connectivity index (χ0v) is 4.20. The molecule has 0 aliphatic heterocycles. The van der Waals surface area contributed by atoms with Crippen LogP contribution in [0.5, 0.6) is 11.5 Å². The second-order valence-electron chi connectivity index (χ2n) is 1.52. The topological polar surface area (TPSA) is 40.5 Å². The van der Waals surface area contributed by atoms with Gasteiger partial charge in [-0.05, 0) is 12.1 Å². The van der Waals surface area contributed by atoms with Crippen molar-refractivity contribution in [1.29, 1.82) is 0 Å². The Bertz CT molecular complexity index is 171. The van der Waals surface area contributed by atoms with Gasteiger partial charge >= 0.3 is 23.1 Å². The summed E-state index contributed by atoms with van der Waals surface area (Å²) in [5, 5.41) is 17.3. The molecule has 0 spiro atoms. The molecular weight excluding hydrogens is 128 g/mol. The number of hydrogen-bond acceptors (Lipinski definition) is 2. The summed E-state index contributed by atoms with van der Waals surface area (Å²) in [6, 6.07) is 5.85. The van der Waals surface area contributed by atoms with Gasteiger partial charge in [-0.2, -0.15) is 0 Å². The van der Waals surface area contributed by atoms with E-state index in [1.54, 1.807) is 6.07 Å². The van der Waals surface area contributed by atoms with E-state index in [4.69, 9.17) is 10.2 Å². The average molecular weight is 136 g/mol. The van der Waals surface area contributed by atoms with Crippen molar-refractivity contribution >= 4 is 23.1 Å². The monoisotopic (exact) mass is 136 g/mol. The lowest BCUT2D eigenvalue weighted by Crippen LogP contribution is -1.61. The van der Waals surface area contributed by atoms with Gasteiger partial charge in [0.25, 0.3) is 0 Å². The number of aromatic hydroxyl groups is 2. The molecule has 0 aliphatic rings. The van der Waals surface area contributed by atoms with E-state index in [0.717, 1.165) is 0 Å². The molecule has 1 aromatic rings. The van der Waals surface area contributed by atoms with Crippen LogP contribution in [0.25, 0.3) is 0 Å². The molecule has 46 valence electrons. The first kappa shape index (κ1) is 8.59. The molecule has 2 nitrogen and oxygen atoms in total. The maximum atomic E-state index is 8.65. The number of phenols is 2. The van der Waals surface area contributed by atoms with Gasteiger partial charge in [0.2, 0.25) is 0 Å². The Kier molecular flexibility index (Phi) is 3.42. The average Bonchev–Trinajstić information content (AvgIpc) is 1.64. The largest absolute Gasteiger partial charge is 0.508 e. The molecule has 0 aliphatic carbocycles. The minimum Gasteiger partial charge on any atom is -0.508 e. The summed E-state index contributed by atoms with van der Waals surface area (Å²) in [5.74, 6) is 0.176. The zero-order chi connectivity index (χ0) is 5.98. The maximum absolute atomic E-state index is 8.65.